The molecule has 3 aromatic carbocycles. The van der Waals surface area contributed by atoms with Gasteiger partial charge in [0.2, 0.25) is 11.8 Å². The molecule has 3 heterocycles. The molecule has 162 valence electrons. The minimum absolute atomic E-state index is 0.171. The van der Waals surface area contributed by atoms with E-state index in [0.717, 1.165) is 22.1 Å². The van der Waals surface area contributed by atoms with Crippen LogP contribution in [0.15, 0.2) is 84.0 Å². The average Bonchev–Trinajstić information content (AvgIpc) is 3.32. The van der Waals surface area contributed by atoms with Gasteiger partial charge in [0.15, 0.2) is 5.78 Å². The molecule has 3 aromatic rings. The number of halogens is 1. The number of rotatable bonds is 3. The number of imide groups is 1. The molecule has 3 aliphatic heterocycles. The van der Waals surface area contributed by atoms with Crippen molar-refractivity contribution in [2.75, 3.05) is 4.90 Å². The van der Waals surface area contributed by atoms with E-state index in [1.54, 1.807) is 35.5 Å². The van der Waals surface area contributed by atoms with Gasteiger partial charge in [-0.3, -0.25) is 19.4 Å². The fraction of sp³-hybridized carbons (Fsp3) is 0.154. The monoisotopic (exact) mass is 439 g/mol. The van der Waals surface area contributed by atoms with Gasteiger partial charge in [-0.2, -0.15) is 5.10 Å². The highest BCUT2D eigenvalue weighted by Crippen LogP contribution is 2.53. The molecule has 33 heavy (non-hydrogen) atoms. The van der Waals surface area contributed by atoms with Crippen LogP contribution < -0.4 is 4.90 Å². The number of benzene rings is 3. The van der Waals surface area contributed by atoms with Crippen LogP contribution in [0, 0.1) is 17.7 Å². The predicted octanol–water partition coefficient (Wildman–Crippen LogP) is 3.59. The molecule has 2 saturated heterocycles. The summed E-state index contributed by atoms with van der Waals surface area (Å²) in [5, 5.41) is 6.15. The van der Waals surface area contributed by atoms with Gasteiger partial charge >= 0.3 is 0 Å². The highest BCUT2D eigenvalue weighted by Gasteiger charge is 2.65. The van der Waals surface area contributed by atoms with Crippen molar-refractivity contribution in [1.82, 2.24) is 5.01 Å². The number of anilines is 1. The molecule has 0 aromatic heterocycles. The first-order valence-corrected chi connectivity index (χ1v) is 10.7. The van der Waals surface area contributed by atoms with E-state index in [-0.39, 0.29) is 11.5 Å². The number of fused-ring (bicyclic) bond motifs is 5. The summed E-state index contributed by atoms with van der Waals surface area (Å²) < 4.78 is 13.9. The summed E-state index contributed by atoms with van der Waals surface area (Å²) in [6.45, 7) is 0. The van der Waals surface area contributed by atoms with E-state index in [1.807, 2.05) is 30.3 Å². The number of Topliss-reactive ketones (excluding diaryl/α,β-unsaturated/α-hetero) is 1. The van der Waals surface area contributed by atoms with Gasteiger partial charge in [-0.1, -0.05) is 60.7 Å². The summed E-state index contributed by atoms with van der Waals surface area (Å²) in [5.74, 6) is -3.50. The predicted molar refractivity (Wildman–Crippen MR) is 119 cm³/mol. The number of carbonyl (C=O) groups excluding carboxylic acids is 3. The Morgan fingerprint density at radius 2 is 1.58 bits per heavy atom. The highest BCUT2D eigenvalue weighted by atomic mass is 19.1. The van der Waals surface area contributed by atoms with E-state index in [0.29, 0.717) is 5.56 Å². The van der Waals surface area contributed by atoms with Crippen molar-refractivity contribution < 1.29 is 18.8 Å². The molecule has 6 rings (SSSR count). The number of hydrogen-bond acceptors (Lipinski definition) is 5. The SMILES string of the molecule is O=C(c1ccccc1)[C@H]1[C@@H]2C(=O)N(c3cccc(F)c3)C(=O)[C@@H]2[C@H]2c3ccccc3C=NN21. The zero-order valence-electron chi connectivity index (χ0n) is 17.3. The van der Waals surface area contributed by atoms with Crippen molar-refractivity contribution in [1.29, 1.82) is 0 Å². The van der Waals surface area contributed by atoms with E-state index < -0.39 is 41.6 Å². The van der Waals surface area contributed by atoms with Gasteiger partial charge in [0, 0.05) is 5.56 Å². The topological polar surface area (TPSA) is 70.0 Å². The maximum Gasteiger partial charge on any atom is 0.240 e. The summed E-state index contributed by atoms with van der Waals surface area (Å²) >= 11 is 0. The second-order valence-electron chi connectivity index (χ2n) is 8.42. The maximum atomic E-state index is 13.9. The minimum Gasteiger partial charge on any atom is -0.292 e. The minimum atomic E-state index is -0.943. The third kappa shape index (κ3) is 2.78. The molecule has 2 amide bonds. The van der Waals surface area contributed by atoms with Gasteiger partial charge in [0.05, 0.1) is 29.8 Å². The van der Waals surface area contributed by atoms with Crippen LogP contribution in [-0.4, -0.2) is 34.9 Å². The average molecular weight is 439 g/mol. The Morgan fingerprint density at radius 1 is 0.848 bits per heavy atom. The summed E-state index contributed by atoms with van der Waals surface area (Å²) in [5.41, 5.74) is 2.30. The molecule has 0 radical (unpaired) electrons. The molecule has 0 saturated carbocycles. The molecule has 0 unspecified atom stereocenters. The summed E-state index contributed by atoms with van der Waals surface area (Å²) in [7, 11) is 0. The zero-order chi connectivity index (χ0) is 22.7. The van der Waals surface area contributed by atoms with Crippen LogP contribution in [0.2, 0.25) is 0 Å². The quantitative estimate of drug-likeness (QED) is 0.462. The van der Waals surface area contributed by atoms with Crippen molar-refractivity contribution in [2.45, 2.75) is 12.1 Å². The Kier molecular flexibility index (Phi) is 4.26. The Morgan fingerprint density at radius 3 is 2.36 bits per heavy atom. The Balaban J connectivity index is 1.51. The summed E-state index contributed by atoms with van der Waals surface area (Å²) in [6, 6.07) is 20.1. The molecule has 4 atom stereocenters. The standard InChI is InChI=1S/C26H18FN3O3/c27-17-10-6-11-18(13-17)29-25(32)20-21(26(29)33)23(24(31)15-7-2-1-3-8-15)30-22(20)19-12-5-4-9-16(19)14-28-30/h1-14,20-23H/t20-,21+,22+,23+/m0/s1. The Labute approximate surface area is 188 Å². The summed E-state index contributed by atoms with van der Waals surface area (Å²) in [4.78, 5) is 42.0. The number of carbonyl (C=O) groups is 3. The lowest BCUT2D eigenvalue weighted by molar-refractivity contribution is -0.124. The molecule has 7 heteroatoms. The number of hydrazone groups is 1. The Bertz CT molecular complexity index is 1340. The van der Waals surface area contributed by atoms with E-state index in [4.69, 9.17) is 0 Å². The molecular formula is C26H18FN3O3. The third-order valence-electron chi connectivity index (χ3n) is 6.69. The first-order chi connectivity index (χ1) is 16.1. The van der Waals surface area contributed by atoms with E-state index in [1.165, 1.54) is 18.2 Å². The number of ketones is 1. The normalized spacial score (nSPS) is 25.1. The fourth-order valence-corrected chi connectivity index (χ4v) is 5.31. The molecule has 0 spiro atoms. The van der Waals surface area contributed by atoms with Crippen LogP contribution >= 0.6 is 0 Å². The first-order valence-electron chi connectivity index (χ1n) is 10.7. The third-order valence-corrected chi connectivity index (χ3v) is 6.69. The van der Waals surface area contributed by atoms with Gasteiger partial charge in [0.1, 0.15) is 11.9 Å². The van der Waals surface area contributed by atoms with Crippen LogP contribution in [0.3, 0.4) is 0 Å². The molecular weight excluding hydrogens is 421 g/mol. The molecule has 0 bridgehead atoms. The van der Waals surface area contributed by atoms with E-state index in [9.17, 15) is 18.8 Å². The molecule has 2 fully saturated rings. The van der Waals surface area contributed by atoms with Gasteiger partial charge in [-0.25, -0.2) is 9.29 Å². The lowest BCUT2D eigenvalue weighted by atomic mass is 9.83. The van der Waals surface area contributed by atoms with Gasteiger partial charge in [-0.05, 0) is 29.3 Å². The second kappa shape index (κ2) is 7.20. The number of nitrogens with zero attached hydrogens (tertiary/aromatic N) is 3. The highest BCUT2D eigenvalue weighted by molar-refractivity contribution is 6.24. The molecule has 0 aliphatic carbocycles. The van der Waals surface area contributed by atoms with Crippen molar-refractivity contribution in [2.24, 2.45) is 16.9 Å². The smallest absolute Gasteiger partial charge is 0.240 e. The molecule has 3 aliphatic rings. The van der Waals surface area contributed by atoms with Crippen molar-refractivity contribution >= 4 is 29.5 Å². The Hall–Kier alpha value is -4.13. The van der Waals surface area contributed by atoms with Gasteiger partial charge in [0.25, 0.3) is 0 Å². The van der Waals surface area contributed by atoms with Crippen LogP contribution in [0.5, 0.6) is 0 Å². The van der Waals surface area contributed by atoms with E-state index >= 15 is 0 Å². The van der Waals surface area contributed by atoms with Crippen molar-refractivity contribution in [3.63, 3.8) is 0 Å². The van der Waals surface area contributed by atoms with Gasteiger partial charge in [-0.15, -0.1) is 0 Å². The number of amides is 2. The van der Waals surface area contributed by atoms with Crippen LogP contribution in [0.25, 0.3) is 0 Å². The van der Waals surface area contributed by atoms with Crippen LogP contribution in [-0.2, 0) is 9.59 Å². The maximum absolute atomic E-state index is 13.9. The zero-order valence-corrected chi connectivity index (χ0v) is 17.3. The number of hydrogen-bond donors (Lipinski definition) is 0. The first kappa shape index (κ1) is 19.5. The van der Waals surface area contributed by atoms with Crippen LogP contribution in [0.1, 0.15) is 27.5 Å². The largest absolute Gasteiger partial charge is 0.292 e. The van der Waals surface area contributed by atoms with E-state index in [2.05, 4.69) is 5.10 Å². The van der Waals surface area contributed by atoms with Crippen molar-refractivity contribution in [3.8, 4) is 0 Å². The second-order valence-corrected chi connectivity index (χ2v) is 8.42. The van der Waals surface area contributed by atoms with Crippen LogP contribution in [0.4, 0.5) is 10.1 Å². The fourth-order valence-electron chi connectivity index (χ4n) is 5.31. The summed E-state index contributed by atoms with van der Waals surface area (Å²) in [6.07, 6.45) is 1.66. The lowest BCUT2D eigenvalue weighted by Gasteiger charge is -2.33. The molecule has 6 nitrogen and oxygen atoms in total. The van der Waals surface area contributed by atoms with Crippen molar-refractivity contribution in [3.05, 3.63) is 101 Å². The molecule has 0 N–H and O–H groups in total. The van der Waals surface area contributed by atoms with Gasteiger partial charge < -0.3 is 0 Å². The lowest BCUT2D eigenvalue weighted by Crippen LogP contribution is -2.44.